The van der Waals surface area contributed by atoms with Gasteiger partial charge in [-0.25, -0.2) is 4.98 Å². The van der Waals surface area contributed by atoms with E-state index in [1.165, 1.54) is 0 Å². The van der Waals surface area contributed by atoms with Gasteiger partial charge in [-0.2, -0.15) is 13.2 Å². The van der Waals surface area contributed by atoms with Crippen LogP contribution in [0.25, 0.3) is 0 Å². The minimum atomic E-state index is -4.36. The van der Waals surface area contributed by atoms with Gasteiger partial charge in [0.2, 0.25) is 5.91 Å². The van der Waals surface area contributed by atoms with Gasteiger partial charge in [-0.3, -0.25) is 4.79 Å². The second-order valence-corrected chi connectivity index (χ2v) is 6.54. The summed E-state index contributed by atoms with van der Waals surface area (Å²) in [4.78, 5) is 19.0. The molecule has 4 nitrogen and oxygen atoms in total. The largest absolute Gasteiger partial charge is 0.427 e. The van der Waals surface area contributed by atoms with E-state index in [1.807, 2.05) is 30.3 Å². The van der Waals surface area contributed by atoms with Gasteiger partial charge in [0.1, 0.15) is 4.88 Å². The highest BCUT2D eigenvalue weighted by Gasteiger charge is 2.34. The number of rotatable bonds is 3. The fraction of sp³-hybridized carbons (Fsp3) is 0.375. The SMILES string of the molecule is O=C(Cc1ccccc1)N1CCN(c2ncc(C(F)(F)F)s2)CC1. The molecule has 0 spiro atoms. The van der Waals surface area contributed by atoms with Crippen molar-refractivity contribution < 1.29 is 18.0 Å². The Balaban J connectivity index is 1.56. The van der Waals surface area contributed by atoms with Gasteiger partial charge < -0.3 is 9.80 Å². The molecule has 1 amide bonds. The third-order valence-corrected chi connectivity index (χ3v) is 4.98. The Bertz CT molecular complexity index is 694. The first kappa shape index (κ1) is 16.8. The molecule has 1 fully saturated rings. The van der Waals surface area contributed by atoms with Crippen molar-refractivity contribution in [1.82, 2.24) is 9.88 Å². The molecule has 0 atom stereocenters. The fourth-order valence-corrected chi connectivity index (χ4v) is 3.41. The summed E-state index contributed by atoms with van der Waals surface area (Å²) in [6, 6.07) is 9.49. The van der Waals surface area contributed by atoms with Crippen molar-refractivity contribution in [2.75, 3.05) is 31.1 Å². The topological polar surface area (TPSA) is 36.4 Å². The molecule has 1 aliphatic rings. The van der Waals surface area contributed by atoms with E-state index in [1.54, 1.807) is 9.80 Å². The van der Waals surface area contributed by atoms with Crippen molar-refractivity contribution in [3.8, 4) is 0 Å². The predicted octanol–water partition coefficient (Wildman–Crippen LogP) is 3.05. The Kier molecular flexibility index (Phi) is 4.75. The quantitative estimate of drug-likeness (QED) is 0.849. The number of hydrogen-bond acceptors (Lipinski definition) is 4. The van der Waals surface area contributed by atoms with Gasteiger partial charge in [0.25, 0.3) is 0 Å². The molecule has 3 rings (SSSR count). The van der Waals surface area contributed by atoms with E-state index in [0.29, 0.717) is 49.1 Å². The van der Waals surface area contributed by atoms with Crippen molar-refractivity contribution in [1.29, 1.82) is 0 Å². The lowest BCUT2D eigenvalue weighted by Crippen LogP contribution is -2.49. The Morgan fingerprint density at radius 1 is 1.12 bits per heavy atom. The number of piperazine rings is 1. The molecule has 0 saturated carbocycles. The number of anilines is 1. The predicted molar refractivity (Wildman–Crippen MR) is 86.1 cm³/mol. The van der Waals surface area contributed by atoms with Crippen LogP contribution in [0.5, 0.6) is 0 Å². The van der Waals surface area contributed by atoms with E-state index in [0.717, 1.165) is 11.8 Å². The fourth-order valence-electron chi connectivity index (χ4n) is 2.57. The van der Waals surface area contributed by atoms with Crippen LogP contribution in [0.3, 0.4) is 0 Å². The average molecular weight is 355 g/mol. The van der Waals surface area contributed by atoms with E-state index in [9.17, 15) is 18.0 Å². The maximum absolute atomic E-state index is 12.6. The first-order valence-electron chi connectivity index (χ1n) is 7.53. The van der Waals surface area contributed by atoms with Gasteiger partial charge in [-0.05, 0) is 5.56 Å². The maximum atomic E-state index is 12.6. The summed E-state index contributed by atoms with van der Waals surface area (Å²) in [5, 5.41) is 0.359. The third-order valence-electron chi connectivity index (χ3n) is 3.87. The molecule has 1 aliphatic heterocycles. The Morgan fingerprint density at radius 3 is 2.38 bits per heavy atom. The van der Waals surface area contributed by atoms with Gasteiger partial charge in [0.15, 0.2) is 5.13 Å². The zero-order chi connectivity index (χ0) is 17.2. The molecule has 0 N–H and O–H groups in total. The van der Waals surface area contributed by atoms with Gasteiger partial charge in [-0.15, -0.1) is 0 Å². The minimum Gasteiger partial charge on any atom is -0.345 e. The van der Waals surface area contributed by atoms with E-state index in [4.69, 9.17) is 0 Å². The second kappa shape index (κ2) is 6.80. The summed E-state index contributed by atoms with van der Waals surface area (Å²) < 4.78 is 37.9. The molecule has 1 aromatic carbocycles. The molecule has 2 aromatic rings. The van der Waals surface area contributed by atoms with Crippen molar-refractivity contribution in [2.24, 2.45) is 0 Å². The number of amides is 1. The summed E-state index contributed by atoms with van der Waals surface area (Å²) in [5.74, 6) is 0.0379. The molecule has 1 aromatic heterocycles. The number of nitrogens with zero attached hydrogens (tertiary/aromatic N) is 3. The number of carbonyl (C=O) groups is 1. The smallest absolute Gasteiger partial charge is 0.345 e. The van der Waals surface area contributed by atoms with Crippen molar-refractivity contribution in [3.05, 3.63) is 47.0 Å². The van der Waals surface area contributed by atoms with Gasteiger partial charge >= 0.3 is 6.18 Å². The van der Waals surface area contributed by atoms with E-state index < -0.39 is 11.1 Å². The molecule has 128 valence electrons. The van der Waals surface area contributed by atoms with Crippen molar-refractivity contribution >= 4 is 22.4 Å². The number of halogens is 3. The summed E-state index contributed by atoms with van der Waals surface area (Å²) in [5.41, 5.74) is 0.958. The van der Waals surface area contributed by atoms with E-state index in [2.05, 4.69) is 4.98 Å². The van der Waals surface area contributed by atoms with Crippen LogP contribution < -0.4 is 4.90 Å². The Hall–Kier alpha value is -2.09. The van der Waals surface area contributed by atoms with Crippen LogP contribution in [0, 0.1) is 0 Å². The van der Waals surface area contributed by atoms with Crippen molar-refractivity contribution in [2.45, 2.75) is 12.6 Å². The highest BCUT2D eigenvalue weighted by molar-refractivity contribution is 7.15. The van der Waals surface area contributed by atoms with Crippen molar-refractivity contribution in [3.63, 3.8) is 0 Å². The maximum Gasteiger partial charge on any atom is 0.427 e. The molecule has 24 heavy (non-hydrogen) atoms. The van der Waals surface area contributed by atoms with Gasteiger partial charge in [0, 0.05) is 26.2 Å². The normalized spacial score (nSPS) is 15.6. The van der Waals surface area contributed by atoms with Crippen LogP contribution in [0.2, 0.25) is 0 Å². The van der Waals surface area contributed by atoms with Crippen LogP contribution >= 0.6 is 11.3 Å². The Labute approximate surface area is 141 Å². The summed E-state index contributed by atoms with van der Waals surface area (Å²) in [6.07, 6.45) is -3.15. The highest BCUT2D eigenvalue weighted by atomic mass is 32.1. The third kappa shape index (κ3) is 3.87. The van der Waals surface area contributed by atoms with Gasteiger partial charge in [-0.1, -0.05) is 41.7 Å². The minimum absolute atomic E-state index is 0.0379. The molecule has 1 saturated heterocycles. The van der Waals surface area contributed by atoms with Crippen LogP contribution in [0.4, 0.5) is 18.3 Å². The molecule has 2 heterocycles. The zero-order valence-corrected chi connectivity index (χ0v) is 13.6. The van der Waals surface area contributed by atoms with Crippen LogP contribution in [0.15, 0.2) is 36.5 Å². The first-order valence-corrected chi connectivity index (χ1v) is 8.35. The lowest BCUT2D eigenvalue weighted by Gasteiger charge is -2.34. The number of hydrogen-bond donors (Lipinski definition) is 0. The number of carbonyl (C=O) groups excluding carboxylic acids is 1. The summed E-state index contributed by atoms with van der Waals surface area (Å²) in [6.45, 7) is 1.97. The molecule has 0 unspecified atom stereocenters. The van der Waals surface area contributed by atoms with Crippen LogP contribution in [-0.4, -0.2) is 42.0 Å². The number of aromatic nitrogens is 1. The summed E-state index contributed by atoms with van der Waals surface area (Å²) >= 11 is 0.645. The highest BCUT2D eigenvalue weighted by Crippen LogP contribution is 2.36. The van der Waals surface area contributed by atoms with E-state index >= 15 is 0 Å². The lowest BCUT2D eigenvalue weighted by atomic mass is 10.1. The molecule has 0 bridgehead atoms. The molecule has 8 heteroatoms. The second-order valence-electron chi connectivity index (χ2n) is 5.54. The Morgan fingerprint density at radius 2 is 1.79 bits per heavy atom. The summed E-state index contributed by atoms with van der Waals surface area (Å²) in [7, 11) is 0. The number of thiazole rings is 1. The first-order chi connectivity index (χ1) is 11.4. The number of benzene rings is 1. The van der Waals surface area contributed by atoms with E-state index in [-0.39, 0.29) is 5.91 Å². The zero-order valence-electron chi connectivity index (χ0n) is 12.8. The standard InChI is InChI=1S/C16H16F3N3OS/c17-16(18,19)13-11-20-15(24-13)22-8-6-21(7-9-22)14(23)10-12-4-2-1-3-5-12/h1-5,11H,6-10H2. The average Bonchev–Trinajstić information content (AvgIpc) is 3.06. The lowest BCUT2D eigenvalue weighted by molar-refractivity contribution is -0.134. The van der Waals surface area contributed by atoms with Crippen LogP contribution in [0.1, 0.15) is 10.4 Å². The monoisotopic (exact) mass is 355 g/mol. The van der Waals surface area contributed by atoms with Gasteiger partial charge in [0.05, 0.1) is 12.6 Å². The number of alkyl halides is 3. The van der Waals surface area contributed by atoms with Crippen LogP contribution in [-0.2, 0) is 17.4 Å². The molecular formula is C16H16F3N3OS. The molecule has 0 radical (unpaired) electrons. The molecular weight excluding hydrogens is 339 g/mol. The molecule has 0 aliphatic carbocycles.